The maximum atomic E-state index is 11.0. The van der Waals surface area contributed by atoms with Gasteiger partial charge < -0.3 is 5.11 Å². The molecule has 0 aromatic rings. The number of carboxylic acid groups (broad SMARTS) is 1. The number of hydrogen-bond donors (Lipinski definition) is 1. The quantitative estimate of drug-likeness (QED) is 0.714. The third kappa shape index (κ3) is 1.83. The fourth-order valence-electron chi connectivity index (χ4n) is 2.50. The molecule has 2 rings (SSSR count). The highest BCUT2D eigenvalue weighted by atomic mass is 16.4. The lowest BCUT2D eigenvalue weighted by molar-refractivity contribution is -0.149. The van der Waals surface area contributed by atoms with Gasteiger partial charge in [-0.3, -0.25) is 4.79 Å². The summed E-state index contributed by atoms with van der Waals surface area (Å²) in [6.45, 7) is 1.59. The first-order valence-corrected chi connectivity index (χ1v) is 5.39. The van der Waals surface area contributed by atoms with Crippen LogP contribution in [0.5, 0.6) is 0 Å². The van der Waals surface area contributed by atoms with Crippen LogP contribution in [0.25, 0.3) is 0 Å². The third-order valence-corrected chi connectivity index (χ3v) is 3.21. The van der Waals surface area contributed by atoms with Crippen LogP contribution < -0.4 is 0 Å². The topological polar surface area (TPSA) is 67.6 Å². The number of rotatable bonds is 2. The minimum absolute atomic E-state index is 0.120. The number of hydrazine groups is 1. The largest absolute Gasteiger partial charge is 0.480 e. The number of hydrogen-bond acceptors (Lipinski definition) is 4. The van der Waals surface area contributed by atoms with Crippen LogP contribution in [-0.2, 0) is 4.79 Å². The summed E-state index contributed by atoms with van der Waals surface area (Å²) < 4.78 is 0. The smallest absolute Gasteiger partial charge is 0.322 e. The van der Waals surface area contributed by atoms with Crippen molar-refractivity contribution in [3.05, 3.63) is 0 Å². The Morgan fingerprint density at radius 2 is 1.93 bits per heavy atom. The van der Waals surface area contributed by atoms with Gasteiger partial charge in [0.25, 0.3) is 0 Å². The summed E-state index contributed by atoms with van der Waals surface area (Å²) in [4.78, 5) is 11.0. The van der Waals surface area contributed by atoms with E-state index in [-0.39, 0.29) is 6.04 Å². The Morgan fingerprint density at radius 3 is 2.60 bits per heavy atom. The minimum atomic E-state index is -0.768. The number of carbonyl (C=O) groups is 1. The molecule has 0 bridgehead atoms. The average molecular weight is 209 g/mol. The van der Waals surface area contributed by atoms with Crippen molar-refractivity contribution >= 4 is 5.97 Å². The summed E-state index contributed by atoms with van der Waals surface area (Å²) in [6.07, 6.45) is 3.45. The molecule has 0 aromatic heterocycles. The summed E-state index contributed by atoms with van der Waals surface area (Å²) in [5, 5.41) is 21.8. The molecule has 0 amide bonds. The molecule has 5 nitrogen and oxygen atoms in total. The zero-order valence-corrected chi connectivity index (χ0v) is 8.59. The van der Waals surface area contributed by atoms with Crippen LogP contribution in [-0.4, -0.2) is 46.3 Å². The molecule has 0 aliphatic carbocycles. The van der Waals surface area contributed by atoms with Crippen LogP contribution in [0, 0.1) is 11.3 Å². The monoisotopic (exact) mass is 209 g/mol. The molecule has 0 spiro atoms. The maximum Gasteiger partial charge on any atom is 0.322 e. The highest BCUT2D eigenvalue weighted by molar-refractivity contribution is 5.73. The van der Waals surface area contributed by atoms with Gasteiger partial charge in [0.2, 0.25) is 0 Å². The zero-order chi connectivity index (χ0) is 10.8. The molecule has 15 heavy (non-hydrogen) atoms. The van der Waals surface area contributed by atoms with E-state index in [0.29, 0.717) is 6.42 Å². The third-order valence-electron chi connectivity index (χ3n) is 3.21. The summed E-state index contributed by atoms with van der Waals surface area (Å²) in [7, 11) is 0. The summed E-state index contributed by atoms with van der Waals surface area (Å²) in [5.74, 6) is -0.768. The Balaban J connectivity index is 2.09. The first-order chi connectivity index (χ1) is 7.24. The van der Waals surface area contributed by atoms with Gasteiger partial charge in [-0.2, -0.15) is 5.26 Å². The highest BCUT2D eigenvalue weighted by Gasteiger charge is 2.39. The van der Waals surface area contributed by atoms with E-state index in [1.54, 1.807) is 0 Å². The fourth-order valence-corrected chi connectivity index (χ4v) is 2.50. The molecular formula is C10H15N3O2. The van der Waals surface area contributed by atoms with E-state index >= 15 is 0 Å². The van der Waals surface area contributed by atoms with Gasteiger partial charge in [-0.1, -0.05) is 0 Å². The molecule has 1 N–H and O–H groups in total. The van der Waals surface area contributed by atoms with Crippen molar-refractivity contribution in [3.8, 4) is 6.07 Å². The van der Waals surface area contributed by atoms with Crippen LogP contribution in [0.4, 0.5) is 0 Å². The maximum absolute atomic E-state index is 11.0. The number of nitriles is 1. The van der Waals surface area contributed by atoms with Crippen LogP contribution in [0.15, 0.2) is 0 Å². The molecule has 2 aliphatic heterocycles. The SMILES string of the molecule is N#CC1CCCN1N1CCC[C@H]1C(=O)O. The molecule has 2 saturated heterocycles. The van der Waals surface area contributed by atoms with Crippen molar-refractivity contribution in [1.82, 2.24) is 10.0 Å². The van der Waals surface area contributed by atoms with Gasteiger partial charge in [0.05, 0.1) is 6.07 Å². The second kappa shape index (κ2) is 4.17. The lowest BCUT2D eigenvalue weighted by atomic mass is 10.2. The molecule has 82 valence electrons. The van der Waals surface area contributed by atoms with Gasteiger partial charge in [0.15, 0.2) is 0 Å². The molecule has 5 heteroatoms. The fraction of sp³-hybridized carbons (Fsp3) is 0.800. The number of nitrogens with zero attached hydrogens (tertiary/aromatic N) is 3. The van der Waals surface area contributed by atoms with Crippen molar-refractivity contribution in [2.24, 2.45) is 0 Å². The lowest BCUT2D eigenvalue weighted by Crippen LogP contribution is -2.50. The molecule has 2 aliphatic rings. The van der Waals surface area contributed by atoms with E-state index in [1.165, 1.54) is 0 Å². The Kier molecular flexibility index (Phi) is 2.89. The first-order valence-electron chi connectivity index (χ1n) is 5.39. The van der Waals surface area contributed by atoms with Crippen LogP contribution >= 0.6 is 0 Å². The minimum Gasteiger partial charge on any atom is -0.480 e. The van der Waals surface area contributed by atoms with Crippen molar-refractivity contribution in [2.45, 2.75) is 37.8 Å². The van der Waals surface area contributed by atoms with Gasteiger partial charge in [-0.25, -0.2) is 10.0 Å². The molecule has 2 fully saturated rings. The second-order valence-corrected chi connectivity index (χ2v) is 4.11. The van der Waals surface area contributed by atoms with E-state index in [2.05, 4.69) is 6.07 Å². The molecular weight excluding hydrogens is 194 g/mol. The van der Waals surface area contributed by atoms with Crippen molar-refractivity contribution in [2.75, 3.05) is 13.1 Å². The average Bonchev–Trinajstić information content (AvgIpc) is 2.85. The summed E-state index contributed by atoms with van der Waals surface area (Å²) in [5.41, 5.74) is 0. The Hall–Kier alpha value is -1.12. The second-order valence-electron chi connectivity index (χ2n) is 4.11. The van der Waals surface area contributed by atoms with E-state index in [1.807, 2.05) is 10.0 Å². The first kappa shape index (κ1) is 10.4. The molecule has 2 heterocycles. The Bertz CT molecular complexity index is 300. The lowest BCUT2D eigenvalue weighted by Gasteiger charge is -2.33. The molecule has 0 aromatic carbocycles. The molecule has 0 saturated carbocycles. The molecule has 1 unspecified atom stereocenters. The summed E-state index contributed by atoms with van der Waals surface area (Å²) in [6, 6.07) is 1.70. The Labute approximate surface area is 88.9 Å². The van der Waals surface area contributed by atoms with Crippen molar-refractivity contribution in [1.29, 1.82) is 5.26 Å². The van der Waals surface area contributed by atoms with Gasteiger partial charge in [0.1, 0.15) is 12.1 Å². The highest BCUT2D eigenvalue weighted by Crippen LogP contribution is 2.26. The normalized spacial score (nSPS) is 33.0. The van der Waals surface area contributed by atoms with Crippen LogP contribution in [0.2, 0.25) is 0 Å². The van der Waals surface area contributed by atoms with E-state index in [0.717, 1.165) is 32.4 Å². The van der Waals surface area contributed by atoms with E-state index < -0.39 is 12.0 Å². The van der Waals surface area contributed by atoms with Gasteiger partial charge in [0, 0.05) is 13.1 Å². The van der Waals surface area contributed by atoms with Crippen LogP contribution in [0.1, 0.15) is 25.7 Å². The standard InChI is InChI=1S/C10H15N3O2/c11-7-8-3-1-5-12(8)13-6-2-4-9(13)10(14)15/h8-9H,1-6H2,(H,14,15)/t8?,9-/m0/s1. The predicted octanol–water partition coefficient (Wildman–Crippen LogP) is 0.438. The zero-order valence-electron chi connectivity index (χ0n) is 8.59. The van der Waals surface area contributed by atoms with Crippen molar-refractivity contribution < 1.29 is 9.90 Å². The molecule has 2 atom stereocenters. The molecule has 0 radical (unpaired) electrons. The van der Waals surface area contributed by atoms with Gasteiger partial charge in [-0.05, 0) is 25.7 Å². The van der Waals surface area contributed by atoms with Gasteiger partial charge in [-0.15, -0.1) is 0 Å². The number of carboxylic acids is 1. The summed E-state index contributed by atoms with van der Waals surface area (Å²) >= 11 is 0. The van der Waals surface area contributed by atoms with E-state index in [9.17, 15) is 4.79 Å². The van der Waals surface area contributed by atoms with Crippen LogP contribution in [0.3, 0.4) is 0 Å². The van der Waals surface area contributed by atoms with E-state index in [4.69, 9.17) is 10.4 Å². The predicted molar refractivity (Wildman–Crippen MR) is 52.7 cm³/mol. The van der Waals surface area contributed by atoms with Crippen molar-refractivity contribution in [3.63, 3.8) is 0 Å². The van der Waals surface area contributed by atoms with Gasteiger partial charge >= 0.3 is 5.97 Å². The Morgan fingerprint density at radius 1 is 1.27 bits per heavy atom. The number of aliphatic carboxylic acids is 1.